The van der Waals surface area contributed by atoms with Crippen molar-refractivity contribution < 1.29 is 13.2 Å². The molecule has 0 atom stereocenters. The Bertz CT molecular complexity index is 933. The first kappa shape index (κ1) is 20.6. The van der Waals surface area contributed by atoms with E-state index < -0.39 is 10.0 Å². The average molecular weight is 424 g/mol. The zero-order chi connectivity index (χ0) is 20.3. The van der Waals surface area contributed by atoms with Gasteiger partial charge in [0, 0.05) is 38.6 Å². The highest BCUT2D eigenvalue weighted by molar-refractivity contribution is 7.91. The maximum atomic E-state index is 12.3. The number of thiazole rings is 1. The van der Waals surface area contributed by atoms with Crippen LogP contribution in [0.25, 0.3) is 0 Å². The van der Waals surface area contributed by atoms with Crippen LogP contribution in [0.3, 0.4) is 0 Å². The lowest BCUT2D eigenvalue weighted by Gasteiger charge is -2.29. The molecular formula is C18H25N5O3S2. The van der Waals surface area contributed by atoms with Crippen LogP contribution in [-0.2, 0) is 14.8 Å². The maximum Gasteiger partial charge on any atom is 0.254 e. The van der Waals surface area contributed by atoms with E-state index in [0.717, 1.165) is 49.0 Å². The summed E-state index contributed by atoms with van der Waals surface area (Å²) in [7, 11) is -0.506. The number of morpholine rings is 1. The second-order valence-corrected chi connectivity index (χ2v) is 9.90. The molecule has 152 valence electrons. The van der Waals surface area contributed by atoms with Crippen LogP contribution in [0.5, 0.6) is 0 Å². The second kappa shape index (κ2) is 8.48. The molecule has 28 heavy (non-hydrogen) atoms. The minimum absolute atomic E-state index is 0.225. The Hall–Kier alpha value is -2.14. The molecule has 1 aromatic heterocycles. The summed E-state index contributed by atoms with van der Waals surface area (Å²) in [6.07, 6.45) is 0. The smallest absolute Gasteiger partial charge is 0.254 e. The monoisotopic (exact) mass is 423 g/mol. The number of sulfonamides is 1. The van der Waals surface area contributed by atoms with E-state index in [2.05, 4.69) is 39.2 Å². The summed E-state index contributed by atoms with van der Waals surface area (Å²) in [5.74, 6) is 0.515. The summed E-state index contributed by atoms with van der Waals surface area (Å²) in [5.41, 5.74) is 2.49. The highest BCUT2D eigenvalue weighted by atomic mass is 32.2. The fourth-order valence-electron chi connectivity index (χ4n) is 2.75. The number of rotatable bonds is 7. The van der Waals surface area contributed by atoms with E-state index in [4.69, 9.17) is 4.74 Å². The number of benzene rings is 1. The predicted molar refractivity (Wildman–Crippen MR) is 114 cm³/mol. The molecule has 2 aromatic rings. The Morgan fingerprint density at radius 3 is 2.46 bits per heavy atom. The third kappa shape index (κ3) is 4.64. The fourth-order valence-corrected chi connectivity index (χ4v) is 5.33. The summed E-state index contributed by atoms with van der Waals surface area (Å²) in [4.78, 5) is 6.58. The molecule has 0 saturated carbocycles. The minimum Gasteiger partial charge on any atom is -0.378 e. The summed E-state index contributed by atoms with van der Waals surface area (Å²) in [5, 5.41) is 6.67. The van der Waals surface area contributed by atoms with E-state index in [1.807, 2.05) is 12.1 Å². The molecular weight excluding hydrogens is 398 g/mol. The van der Waals surface area contributed by atoms with Crippen molar-refractivity contribution in [3.8, 4) is 0 Å². The quantitative estimate of drug-likeness (QED) is 0.708. The largest absolute Gasteiger partial charge is 0.378 e. The third-order valence-electron chi connectivity index (χ3n) is 4.27. The summed E-state index contributed by atoms with van der Waals surface area (Å²) in [6.45, 7) is 8.91. The number of nitrogens with zero attached hydrogens (tertiary/aromatic N) is 3. The lowest BCUT2D eigenvalue weighted by molar-refractivity contribution is 0.122. The van der Waals surface area contributed by atoms with Crippen LogP contribution in [0.2, 0.25) is 0 Å². The van der Waals surface area contributed by atoms with Gasteiger partial charge in [0.05, 0.1) is 18.9 Å². The molecule has 8 nitrogen and oxygen atoms in total. The fraction of sp³-hybridized carbons (Fsp3) is 0.389. The van der Waals surface area contributed by atoms with Crippen molar-refractivity contribution in [1.29, 1.82) is 0 Å². The van der Waals surface area contributed by atoms with Crippen LogP contribution in [0, 0.1) is 6.92 Å². The second-order valence-electron chi connectivity index (χ2n) is 6.55. The normalized spacial score (nSPS) is 14.9. The molecule has 0 unspecified atom stereocenters. The molecule has 10 heteroatoms. The van der Waals surface area contributed by atoms with E-state index in [-0.39, 0.29) is 4.21 Å². The average Bonchev–Trinajstić information content (AvgIpc) is 3.03. The molecule has 0 radical (unpaired) electrons. The Balaban J connectivity index is 1.63. The number of hydrogen-bond acceptors (Lipinski definition) is 8. The lowest BCUT2D eigenvalue weighted by atomic mass is 10.2. The molecule has 1 aliphatic rings. The van der Waals surface area contributed by atoms with Crippen molar-refractivity contribution in [3.63, 3.8) is 0 Å². The third-order valence-corrected chi connectivity index (χ3v) is 7.74. The number of aromatic nitrogens is 1. The summed E-state index contributed by atoms with van der Waals surface area (Å²) in [6, 6.07) is 8.06. The van der Waals surface area contributed by atoms with E-state index in [9.17, 15) is 8.42 Å². The van der Waals surface area contributed by atoms with E-state index in [0.29, 0.717) is 16.6 Å². The molecule has 3 rings (SSSR count). The van der Waals surface area contributed by atoms with Crippen molar-refractivity contribution in [2.45, 2.75) is 11.1 Å². The Kier molecular flexibility index (Phi) is 6.23. The molecule has 1 aliphatic heterocycles. The molecule has 0 amide bonds. The first-order valence-electron chi connectivity index (χ1n) is 8.83. The van der Waals surface area contributed by atoms with Gasteiger partial charge in [0.1, 0.15) is 5.82 Å². The number of ether oxygens (including phenoxy) is 1. The molecule has 0 bridgehead atoms. The van der Waals surface area contributed by atoms with Gasteiger partial charge in [0.25, 0.3) is 10.0 Å². The van der Waals surface area contributed by atoms with Gasteiger partial charge < -0.3 is 20.3 Å². The van der Waals surface area contributed by atoms with Gasteiger partial charge in [0.15, 0.2) is 9.34 Å². The molecule has 2 heterocycles. The van der Waals surface area contributed by atoms with Gasteiger partial charge in [0.2, 0.25) is 0 Å². The van der Waals surface area contributed by atoms with Gasteiger partial charge in [-0.2, -0.15) is 0 Å². The Labute approximate surface area is 169 Å². The molecule has 2 N–H and O–H groups in total. The van der Waals surface area contributed by atoms with Crippen LogP contribution in [0.4, 0.5) is 16.5 Å². The van der Waals surface area contributed by atoms with Gasteiger partial charge in [-0.25, -0.2) is 17.7 Å². The van der Waals surface area contributed by atoms with Crippen molar-refractivity contribution in [2.75, 3.05) is 55.9 Å². The van der Waals surface area contributed by atoms with E-state index in [1.54, 1.807) is 6.92 Å². The van der Waals surface area contributed by atoms with Crippen molar-refractivity contribution in [2.24, 2.45) is 0 Å². The van der Waals surface area contributed by atoms with E-state index >= 15 is 0 Å². The van der Waals surface area contributed by atoms with Crippen molar-refractivity contribution >= 4 is 37.9 Å². The molecule has 1 aromatic carbocycles. The first-order valence-corrected chi connectivity index (χ1v) is 11.1. The molecule has 0 spiro atoms. The number of nitrogens with one attached hydrogen (secondary N) is 2. The van der Waals surface area contributed by atoms with Gasteiger partial charge in [-0.3, -0.25) is 0 Å². The molecule has 1 fully saturated rings. The zero-order valence-electron chi connectivity index (χ0n) is 16.2. The first-order chi connectivity index (χ1) is 13.3. The van der Waals surface area contributed by atoms with Crippen LogP contribution >= 0.6 is 11.3 Å². The van der Waals surface area contributed by atoms with Crippen LogP contribution < -0.4 is 15.5 Å². The van der Waals surface area contributed by atoms with Crippen molar-refractivity contribution in [3.05, 3.63) is 42.4 Å². The van der Waals surface area contributed by atoms with Gasteiger partial charge in [-0.05, 0) is 31.2 Å². The van der Waals surface area contributed by atoms with Crippen LogP contribution in [0.15, 0.2) is 40.9 Å². The Morgan fingerprint density at radius 1 is 1.21 bits per heavy atom. The number of hydrogen-bond donors (Lipinski definition) is 2. The van der Waals surface area contributed by atoms with Gasteiger partial charge >= 0.3 is 0 Å². The highest BCUT2D eigenvalue weighted by Crippen LogP contribution is 2.29. The SMILES string of the molecule is C=C(Nc1ccc(N2CCOCC2)cc1)Nc1nc(C)c(S(=O)(=O)N(C)C)s1. The standard InChI is InChI=1S/C18H25N5O3S2/c1-13-17(28(24,25)22(3)4)27-18(19-13)21-14(2)20-15-5-7-16(8-6-15)23-9-11-26-12-10-23/h5-8,20H,2,9-12H2,1,3-4H3,(H,19,21). The highest BCUT2D eigenvalue weighted by Gasteiger charge is 2.24. The minimum atomic E-state index is -3.51. The summed E-state index contributed by atoms with van der Waals surface area (Å²) < 4.78 is 31.4. The zero-order valence-corrected chi connectivity index (χ0v) is 17.9. The topological polar surface area (TPSA) is 86.8 Å². The number of aryl methyl sites for hydroxylation is 1. The molecule has 1 saturated heterocycles. The maximum absolute atomic E-state index is 12.3. The van der Waals surface area contributed by atoms with Crippen LogP contribution in [-0.4, -0.2) is 58.1 Å². The van der Waals surface area contributed by atoms with E-state index in [1.165, 1.54) is 18.4 Å². The van der Waals surface area contributed by atoms with Crippen LogP contribution in [0.1, 0.15) is 5.69 Å². The van der Waals surface area contributed by atoms with Gasteiger partial charge in [-0.1, -0.05) is 17.9 Å². The van der Waals surface area contributed by atoms with Gasteiger partial charge in [-0.15, -0.1) is 0 Å². The Morgan fingerprint density at radius 2 is 1.86 bits per heavy atom. The predicted octanol–water partition coefficient (Wildman–Crippen LogP) is 2.53. The van der Waals surface area contributed by atoms with Crippen molar-refractivity contribution in [1.82, 2.24) is 9.29 Å². The molecule has 0 aliphatic carbocycles. The summed E-state index contributed by atoms with van der Waals surface area (Å²) >= 11 is 1.08. The number of anilines is 3. The lowest BCUT2D eigenvalue weighted by Crippen LogP contribution is -2.36.